The minimum Gasteiger partial charge on any atom is -0.489 e. The van der Waals surface area contributed by atoms with Gasteiger partial charge in [-0.3, -0.25) is 5.10 Å². The molecule has 0 fully saturated rings. The number of halogens is 1. The fourth-order valence-electron chi connectivity index (χ4n) is 2.03. The van der Waals surface area contributed by atoms with Gasteiger partial charge in [0.1, 0.15) is 18.2 Å². The molecular formula is C17H15BrN4OS. The second-order valence-corrected chi connectivity index (χ2v) is 6.42. The Morgan fingerprint density at radius 1 is 1.21 bits per heavy atom. The Morgan fingerprint density at radius 2 is 1.92 bits per heavy atom. The van der Waals surface area contributed by atoms with Crippen LogP contribution in [0.1, 0.15) is 17.0 Å². The van der Waals surface area contributed by atoms with E-state index >= 15 is 0 Å². The molecule has 5 nitrogen and oxygen atoms in total. The van der Waals surface area contributed by atoms with Crippen LogP contribution in [0.2, 0.25) is 0 Å². The van der Waals surface area contributed by atoms with Gasteiger partial charge in [0, 0.05) is 4.47 Å². The summed E-state index contributed by atoms with van der Waals surface area (Å²) in [5.74, 6) is 1.52. The van der Waals surface area contributed by atoms with E-state index in [9.17, 15) is 0 Å². The van der Waals surface area contributed by atoms with Gasteiger partial charge in [-0.15, -0.1) is 0 Å². The zero-order valence-corrected chi connectivity index (χ0v) is 15.3. The van der Waals surface area contributed by atoms with Crippen LogP contribution in [0, 0.1) is 11.7 Å². The molecule has 0 unspecified atom stereocenters. The maximum atomic E-state index is 5.78. The fraction of sp³-hybridized carbons (Fsp3) is 0.118. The van der Waals surface area contributed by atoms with Crippen molar-refractivity contribution < 1.29 is 4.74 Å². The van der Waals surface area contributed by atoms with Gasteiger partial charge in [-0.1, -0.05) is 28.1 Å². The Bertz CT molecular complexity index is 898. The van der Waals surface area contributed by atoms with Crippen molar-refractivity contribution in [2.75, 3.05) is 0 Å². The molecule has 2 aromatic carbocycles. The number of aryl methyl sites for hydroxylation is 1. The molecule has 3 rings (SSSR count). The number of H-pyrrole nitrogens is 1. The van der Waals surface area contributed by atoms with Crippen LogP contribution in [0.3, 0.4) is 0 Å². The first-order chi connectivity index (χ1) is 11.6. The van der Waals surface area contributed by atoms with Crippen molar-refractivity contribution in [3.63, 3.8) is 0 Å². The molecular weight excluding hydrogens is 388 g/mol. The molecule has 0 spiro atoms. The second-order valence-electron chi connectivity index (χ2n) is 5.12. The van der Waals surface area contributed by atoms with E-state index in [0.29, 0.717) is 17.2 Å². The molecule has 1 aromatic heterocycles. The topological polar surface area (TPSA) is 55.2 Å². The van der Waals surface area contributed by atoms with Gasteiger partial charge in [-0.25, -0.2) is 0 Å². The lowest BCUT2D eigenvalue weighted by Crippen LogP contribution is -1.96. The molecule has 122 valence electrons. The highest BCUT2D eigenvalue weighted by Crippen LogP contribution is 2.15. The van der Waals surface area contributed by atoms with Crippen molar-refractivity contribution in [3.8, 4) is 5.75 Å². The first-order valence-corrected chi connectivity index (χ1v) is 8.47. The molecule has 1 heterocycles. The molecule has 0 aliphatic rings. The van der Waals surface area contributed by atoms with Gasteiger partial charge in [-0.2, -0.15) is 14.9 Å². The number of aromatic amines is 1. The van der Waals surface area contributed by atoms with E-state index in [4.69, 9.17) is 17.0 Å². The van der Waals surface area contributed by atoms with Crippen molar-refractivity contribution in [2.45, 2.75) is 13.5 Å². The third kappa shape index (κ3) is 4.18. The highest BCUT2D eigenvalue weighted by Gasteiger charge is 1.99. The van der Waals surface area contributed by atoms with Crippen molar-refractivity contribution in [2.24, 2.45) is 5.10 Å². The third-order valence-corrected chi connectivity index (χ3v) is 4.13. The first-order valence-electron chi connectivity index (χ1n) is 7.27. The highest BCUT2D eigenvalue weighted by atomic mass is 79.9. The van der Waals surface area contributed by atoms with Gasteiger partial charge in [-0.05, 0) is 66.7 Å². The molecule has 7 heteroatoms. The SMILES string of the molecule is Cc1n[nH]c(=S)n1/N=C\c1ccc(OCc2ccc(Br)cc2)cc1. The van der Waals surface area contributed by atoms with Gasteiger partial charge >= 0.3 is 0 Å². The normalized spacial score (nSPS) is 11.1. The molecule has 0 amide bonds. The molecule has 1 N–H and O–H groups in total. The van der Waals surface area contributed by atoms with Gasteiger partial charge in [0.2, 0.25) is 4.77 Å². The van der Waals surface area contributed by atoms with Crippen molar-refractivity contribution in [3.05, 3.63) is 74.7 Å². The zero-order chi connectivity index (χ0) is 16.9. The molecule has 0 aliphatic heterocycles. The summed E-state index contributed by atoms with van der Waals surface area (Å²) in [6.45, 7) is 2.37. The van der Waals surface area contributed by atoms with Crippen LogP contribution in [0.4, 0.5) is 0 Å². The Labute approximate surface area is 153 Å². The monoisotopic (exact) mass is 402 g/mol. The predicted molar refractivity (Wildman–Crippen MR) is 100 cm³/mol. The minimum atomic E-state index is 0.471. The van der Waals surface area contributed by atoms with E-state index in [1.807, 2.05) is 55.5 Å². The standard InChI is InChI=1S/C17H15BrN4OS/c1-12-20-21-17(24)22(12)19-10-13-4-8-16(9-5-13)23-11-14-2-6-15(18)7-3-14/h2-10H,11H2,1H3,(H,21,24)/b19-10-. The van der Waals surface area contributed by atoms with Crippen LogP contribution in [-0.2, 0) is 6.61 Å². The number of ether oxygens (including phenoxy) is 1. The number of benzene rings is 2. The van der Waals surface area contributed by atoms with Crippen LogP contribution < -0.4 is 4.74 Å². The number of hydrogen-bond acceptors (Lipinski definition) is 4. The lowest BCUT2D eigenvalue weighted by molar-refractivity contribution is 0.306. The van der Waals surface area contributed by atoms with Crippen molar-refractivity contribution >= 4 is 34.4 Å². The second kappa shape index (κ2) is 7.55. The predicted octanol–water partition coefficient (Wildman–Crippen LogP) is 4.47. The average molecular weight is 403 g/mol. The van der Waals surface area contributed by atoms with Crippen LogP contribution >= 0.6 is 28.1 Å². The molecule has 0 bridgehead atoms. The lowest BCUT2D eigenvalue weighted by atomic mass is 10.2. The number of aromatic nitrogens is 3. The summed E-state index contributed by atoms with van der Waals surface area (Å²) in [6.07, 6.45) is 1.73. The smallest absolute Gasteiger partial charge is 0.216 e. The Balaban J connectivity index is 1.63. The zero-order valence-electron chi connectivity index (χ0n) is 12.9. The van der Waals surface area contributed by atoms with E-state index < -0.39 is 0 Å². The summed E-state index contributed by atoms with van der Waals surface area (Å²) in [6, 6.07) is 15.8. The molecule has 0 aliphatic carbocycles. The molecule has 24 heavy (non-hydrogen) atoms. The number of nitrogens with one attached hydrogen (secondary N) is 1. The Kier molecular flexibility index (Phi) is 5.22. The highest BCUT2D eigenvalue weighted by molar-refractivity contribution is 9.10. The Hall–Kier alpha value is -2.25. The number of hydrogen-bond donors (Lipinski definition) is 1. The van der Waals surface area contributed by atoms with E-state index in [2.05, 4.69) is 31.2 Å². The first kappa shape index (κ1) is 16.6. The Morgan fingerprint density at radius 3 is 2.54 bits per heavy atom. The quantitative estimate of drug-likeness (QED) is 0.505. The van der Waals surface area contributed by atoms with Gasteiger partial charge in [0.05, 0.1) is 6.21 Å². The van der Waals surface area contributed by atoms with Gasteiger partial charge < -0.3 is 4.74 Å². The van der Waals surface area contributed by atoms with E-state index in [1.54, 1.807) is 10.9 Å². The van der Waals surface area contributed by atoms with E-state index in [-0.39, 0.29) is 0 Å². The van der Waals surface area contributed by atoms with Crippen molar-refractivity contribution in [1.29, 1.82) is 0 Å². The van der Waals surface area contributed by atoms with Crippen LogP contribution in [0.15, 0.2) is 58.1 Å². The van der Waals surface area contributed by atoms with Crippen LogP contribution in [-0.4, -0.2) is 21.1 Å². The number of rotatable bonds is 5. The number of nitrogens with zero attached hydrogens (tertiary/aromatic N) is 3. The summed E-state index contributed by atoms with van der Waals surface area (Å²) in [7, 11) is 0. The van der Waals surface area contributed by atoms with Gasteiger partial charge in [0.25, 0.3) is 0 Å². The maximum Gasteiger partial charge on any atom is 0.216 e. The molecule has 0 saturated carbocycles. The summed E-state index contributed by atoms with van der Waals surface area (Å²) < 4.78 is 8.88. The van der Waals surface area contributed by atoms with Crippen molar-refractivity contribution in [1.82, 2.24) is 14.9 Å². The summed E-state index contributed by atoms with van der Waals surface area (Å²) in [4.78, 5) is 0. The van der Waals surface area contributed by atoms with Gasteiger partial charge in [0.15, 0.2) is 0 Å². The lowest BCUT2D eigenvalue weighted by Gasteiger charge is -2.06. The summed E-state index contributed by atoms with van der Waals surface area (Å²) >= 11 is 8.53. The van der Waals surface area contributed by atoms with Crippen LogP contribution in [0.25, 0.3) is 0 Å². The van der Waals surface area contributed by atoms with E-state index in [1.165, 1.54) is 0 Å². The molecule has 0 saturated heterocycles. The average Bonchev–Trinajstić information content (AvgIpc) is 2.92. The fourth-order valence-corrected chi connectivity index (χ4v) is 2.52. The largest absolute Gasteiger partial charge is 0.489 e. The third-order valence-electron chi connectivity index (χ3n) is 3.33. The minimum absolute atomic E-state index is 0.471. The summed E-state index contributed by atoms with van der Waals surface area (Å²) in [5, 5.41) is 11.0. The molecule has 0 radical (unpaired) electrons. The van der Waals surface area contributed by atoms with Crippen LogP contribution in [0.5, 0.6) is 5.75 Å². The van der Waals surface area contributed by atoms with E-state index in [0.717, 1.165) is 21.3 Å². The molecule has 0 atom stereocenters. The molecule has 3 aromatic rings. The summed E-state index contributed by atoms with van der Waals surface area (Å²) in [5.41, 5.74) is 2.07. The maximum absolute atomic E-state index is 5.78.